The van der Waals surface area contributed by atoms with E-state index < -0.39 is 5.60 Å². The number of unbranched alkanes of at least 4 members (excludes halogenated alkanes) is 1. The molecular weight excluding hydrogens is 280 g/mol. The number of aromatic nitrogens is 1. The fourth-order valence-corrected chi connectivity index (χ4v) is 2.17. The highest BCUT2D eigenvalue weighted by molar-refractivity contribution is 5.96. The van der Waals surface area contributed by atoms with Crippen LogP contribution in [0.5, 0.6) is 5.88 Å². The van der Waals surface area contributed by atoms with E-state index in [4.69, 9.17) is 9.47 Å². The van der Waals surface area contributed by atoms with Gasteiger partial charge in [-0.05, 0) is 32.8 Å². The molecule has 1 amide bonds. The predicted octanol–water partition coefficient (Wildman–Crippen LogP) is 3.79. The maximum atomic E-state index is 12.4. The summed E-state index contributed by atoms with van der Waals surface area (Å²) in [6.07, 6.45) is 5.26. The smallest absolute Gasteiger partial charge is 0.256 e. The molecule has 0 saturated carbocycles. The molecule has 1 atom stereocenters. The van der Waals surface area contributed by atoms with Gasteiger partial charge in [0.1, 0.15) is 5.60 Å². The number of ether oxygens (including phenoxy) is 2. The number of rotatable bonds is 10. The lowest BCUT2D eigenvalue weighted by Crippen LogP contribution is -2.42. The van der Waals surface area contributed by atoms with Gasteiger partial charge in [0.05, 0.1) is 18.5 Å². The molecule has 1 heterocycles. The number of anilines is 1. The van der Waals surface area contributed by atoms with Gasteiger partial charge in [-0.2, -0.15) is 0 Å². The molecule has 5 nitrogen and oxygen atoms in total. The molecule has 0 aliphatic carbocycles. The molecule has 1 aromatic heterocycles. The highest BCUT2D eigenvalue weighted by atomic mass is 16.5. The van der Waals surface area contributed by atoms with Gasteiger partial charge in [0.2, 0.25) is 5.88 Å². The summed E-state index contributed by atoms with van der Waals surface area (Å²) in [6.45, 7) is 9.03. The summed E-state index contributed by atoms with van der Waals surface area (Å²) in [5.41, 5.74) is -0.158. The Hall–Kier alpha value is -1.62. The molecule has 22 heavy (non-hydrogen) atoms. The van der Waals surface area contributed by atoms with E-state index >= 15 is 0 Å². The standard InChI is InChI=1S/C17H28N2O3/c1-5-8-12-21-15-10-9-14(13-18-15)19-16(20)17(4,11-6-2)22-7-3/h9-10,13H,5-8,11-12H2,1-4H3,(H,19,20)/t17-/m1/s1. The average molecular weight is 308 g/mol. The zero-order valence-electron chi connectivity index (χ0n) is 14.1. The summed E-state index contributed by atoms with van der Waals surface area (Å²) in [6, 6.07) is 3.56. The molecule has 124 valence electrons. The third-order valence-corrected chi connectivity index (χ3v) is 3.41. The van der Waals surface area contributed by atoms with Crippen molar-refractivity contribution in [2.45, 2.75) is 59.0 Å². The molecule has 0 aromatic carbocycles. The van der Waals surface area contributed by atoms with Crippen LogP contribution in [0.3, 0.4) is 0 Å². The van der Waals surface area contributed by atoms with E-state index in [-0.39, 0.29) is 5.91 Å². The second-order valence-corrected chi connectivity index (χ2v) is 5.46. The summed E-state index contributed by atoms with van der Waals surface area (Å²) >= 11 is 0. The monoisotopic (exact) mass is 308 g/mol. The van der Waals surface area contributed by atoms with Gasteiger partial charge in [-0.1, -0.05) is 26.7 Å². The number of nitrogens with one attached hydrogen (secondary N) is 1. The minimum atomic E-state index is -0.806. The van der Waals surface area contributed by atoms with Gasteiger partial charge in [0.15, 0.2) is 0 Å². The number of amides is 1. The largest absolute Gasteiger partial charge is 0.478 e. The lowest BCUT2D eigenvalue weighted by molar-refractivity contribution is -0.139. The first-order valence-corrected chi connectivity index (χ1v) is 8.10. The molecular formula is C17H28N2O3. The lowest BCUT2D eigenvalue weighted by atomic mass is 9.99. The average Bonchev–Trinajstić information content (AvgIpc) is 2.50. The molecule has 1 rings (SSSR count). The van der Waals surface area contributed by atoms with E-state index in [1.165, 1.54) is 0 Å². The van der Waals surface area contributed by atoms with E-state index in [9.17, 15) is 4.79 Å². The van der Waals surface area contributed by atoms with Crippen LogP contribution in [0.4, 0.5) is 5.69 Å². The lowest BCUT2D eigenvalue weighted by Gasteiger charge is -2.27. The van der Waals surface area contributed by atoms with Crippen LogP contribution in [0.2, 0.25) is 0 Å². The topological polar surface area (TPSA) is 60.5 Å². The Bertz CT molecular complexity index is 440. The molecule has 0 spiro atoms. The molecule has 0 saturated heterocycles. The van der Waals surface area contributed by atoms with Crippen molar-refractivity contribution in [3.05, 3.63) is 18.3 Å². The predicted molar refractivity (Wildman–Crippen MR) is 88.2 cm³/mol. The van der Waals surface area contributed by atoms with Gasteiger partial charge in [0.25, 0.3) is 5.91 Å². The summed E-state index contributed by atoms with van der Waals surface area (Å²) in [5.74, 6) is 0.435. The van der Waals surface area contributed by atoms with Gasteiger partial charge in [-0.25, -0.2) is 4.98 Å². The Morgan fingerprint density at radius 2 is 2.05 bits per heavy atom. The number of carbonyl (C=O) groups excluding carboxylic acids is 1. The summed E-state index contributed by atoms with van der Waals surface area (Å²) in [5, 5.41) is 2.86. The van der Waals surface area contributed by atoms with Gasteiger partial charge < -0.3 is 14.8 Å². The molecule has 0 unspecified atom stereocenters. The Balaban J connectivity index is 2.63. The SMILES string of the molecule is CCCCOc1ccc(NC(=O)[C@@](C)(CCC)OCC)cn1. The van der Waals surface area contributed by atoms with E-state index in [0.717, 1.165) is 19.3 Å². The van der Waals surface area contributed by atoms with Crippen LogP contribution in [0.15, 0.2) is 18.3 Å². The van der Waals surface area contributed by atoms with Gasteiger partial charge in [-0.15, -0.1) is 0 Å². The first-order valence-electron chi connectivity index (χ1n) is 8.10. The van der Waals surface area contributed by atoms with Crippen molar-refractivity contribution in [3.8, 4) is 5.88 Å². The zero-order valence-corrected chi connectivity index (χ0v) is 14.1. The minimum Gasteiger partial charge on any atom is -0.478 e. The van der Waals surface area contributed by atoms with Crippen LogP contribution in [0, 0.1) is 0 Å². The normalized spacial score (nSPS) is 13.5. The van der Waals surface area contributed by atoms with Crippen molar-refractivity contribution >= 4 is 11.6 Å². The molecule has 1 aromatic rings. The molecule has 0 radical (unpaired) electrons. The number of pyridine rings is 1. The van der Waals surface area contributed by atoms with Crippen molar-refractivity contribution in [2.24, 2.45) is 0 Å². The van der Waals surface area contributed by atoms with Crippen LogP contribution in [0.25, 0.3) is 0 Å². The van der Waals surface area contributed by atoms with Gasteiger partial charge in [-0.3, -0.25) is 4.79 Å². The molecule has 5 heteroatoms. The van der Waals surface area contributed by atoms with Crippen LogP contribution in [0.1, 0.15) is 53.4 Å². The van der Waals surface area contributed by atoms with E-state index in [2.05, 4.69) is 17.2 Å². The summed E-state index contributed by atoms with van der Waals surface area (Å²) in [7, 11) is 0. The van der Waals surface area contributed by atoms with Gasteiger partial charge >= 0.3 is 0 Å². The van der Waals surface area contributed by atoms with Crippen LogP contribution in [-0.4, -0.2) is 29.7 Å². The molecule has 1 N–H and O–H groups in total. The van der Waals surface area contributed by atoms with Gasteiger partial charge in [0, 0.05) is 12.7 Å². The maximum absolute atomic E-state index is 12.4. The van der Waals surface area contributed by atoms with Crippen molar-refractivity contribution in [2.75, 3.05) is 18.5 Å². The number of hydrogen-bond acceptors (Lipinski definition) is 4. The van der Waals surface area contributed by atoms with E-state index in [0.29, 0.717) is 31.2 Å². The number of carbonyl (C=O) groups is 1. The fourth-order valence-electron chi connectivity index (χ4n) is 2.17. The van der Waals surface area contributed by atoms with Crippen molar-refractivity contribution in [1.29, 1.82) is 0 Å². The highest BCUT2D eigenvalue weighted by Gasteiger charge is 2.32. The molecule has 0 bridgehead atoms. The highest BCUT2D eigenvalue weighted by Crippen LogP contribution is 2.21. The number of hydrogen-bond donors (Lipinski definition) is 1. The maximum Gasteiger partial charge on any atom is 0.256 e. The second kappa shape index (κ2) is 9.41. The zero-order chi connectivity index (χ0) is 16.4. The Morgan fingerprint density at radius 3 is 2.59 bits per heavy atom. The minimum absolute atomic E-state index is 0.141. The third-order valence-electron chi connectivity index (χ3n) is 3.41. The summed E-state index contributed by atoms with van der Waals surface area (Å²) < 4.78 is 11.1. The fraction of sp³-hybridized carbons (Fsp3) is 0.647. The quantitative estimate of drug-likeness (QED) is 0.668. The van der Waals surface area contributed by atoms with Crippen molar-refractivity contribution < 1.29 is 14.3 Å². The van der Waals surface area contributed by atoms with Crippen LogP contribution in [-0.2, 0) is 9.53 Å². The van der Waals surface area contributed by atoms with E-state index in [1.54, 1.807) is 18.3 Å². The number of nitrogens with zero attached hydrogens (tertiary/aromatic N) is 1. The van der Waals surface area contributed by atoms with E-state index in [1.807, 2.05) is 20.8 Å². The Labute approximate surface area is 133 Å². The Kier molecular flexibility index (Phi) is 7.88. The molecule has 0 aliphatic rings. The van der Waals surface area contributed by atoms with Crippen molar-refractivity contribution in [1.82, 2.24) is 4.98 Å². The Morgan fingerprint density at radius 1 is 1.27 bits per heavy atom. The van der Waals surface area contributed by atoms with Crippen molar-refractivity contribution in [3.63, 3.8) is 0 Å². The second-order valence-electron chi connectivity index (χ2n) is 5.46. The molecule has 0 fully saturated rings. The first-order chi connectivity index (χ1) is 10.6. The first kappa shape index (κ1) is 18.4. The third kappa shape index (κ3) is 5.64. The van der Waals surface area contributed by atoms with Crippen LogP contribution < -0.4 is 10.1 Å². The molecule has 0 aliphatic heterocycles. The van der Waals surface area contributed by atoms with Crippen LogP contribution >= 0.6 is 0 Å². The summed E-state index contributed by atoms with van der Waals surface area (Å²) in [4.78, 5) is 16.6.